The second kappa shape index (κ2) is 8.28. The third kappa shape index (κ3) is 5.37. The molecule has 1 heterocycles. The minimum absolute atomic E-state index is 0.106. The van der Waals surface area contributed by atoms with Crippen LogP contribution in [0, 0.1) is 0 Å². The van der Waals surface area contributed by atoms with Crippen molar-refractivity contribution in [1.29, 1.82) is 0 Å². The van der Waals surface area contributed by atoms with Crippen LogP contribution in [-0.4, -0.2) is 41.6 Å². The molecule has 0 unspecified atom stereocenters. The molecule has 0 spiro atoms. The molecule has 124 valence electrons. The van der Waals surface area contributed by atoms with E-state index in [0.29, 0.717) is 18.3 Å². The Kier molecular flexibility index (Phi) is 6.10. The largest absolute Gasteiger partial charge is 0.497 e. The number of hydrogen-bond acceptors (Lipinski definition) is 6. The molecule has 0 aliphatic carbocycles. The fourth-order valence-corrected chi connectivity index (χ4v) is 2.09. The van der Waals surface area contributed by atoms with Gasteiger partial charge in [0, 0.05) is 12.1 Å². The molecule has 0 bridgehead atoms. The third-order valence-electron chi connectivity index (χ3n) is 3.18. The summed E-state index contributed by atoms with van der Waals surface area (Å²) in [6.07, 6.45) is 1.77. The van der Waals surface area contributed by atoms with Gasteiger partial charge in [-0.1, -0.05) is 12.1 Å². The maximum Gasteiger partial charge on any atom is 0.240 e. The first-order chi connectivity index (χ1) is 11.1. The van der Waals surface area contributed by atoms with Crippen LogP contribution in [-0.2, 0) is 17.8 Å². The molecular formula is C16H22N4O3. The first-order valence-corrected chi connectivity index (χ1v) is 7.54. The summed E-state index contributed by atoms with van der Waals surface area (Å²) in [4.78, 5) is 18.1. The highest BCUT2D eigenvalue weighted by Gasteiger charge is 2.12. The van der Waals surface area contributed by atoms with Crippen LogP contribution in [0.2, 0.25) is 0 Å². The quantitative estimate of drug-likeness (QED) is 0.803. The first-order valence-electron chi connectivity index (χ1n) is 7.54. The van der Waals surface area contributed by atoms with Gasteiger partial charge in [-0.05, 0) is 37.7 Å². The Bertz CT molecular complexity index is 625. The van der Waals surface area contributed by atoms with Gasteiger partial charge in [0.05, 0.1) is 20.2 Å². The Morgan fingerprint density at radius 2 is 2.09 bits per heavy atom. The van der Waals surface area contributed by atoms with Crippen molar-refractivity contribution in [3.8, 4) is 5.75 Å². The number of nitrogens with one attached hydrogen (secondary N) is 1. The number of nitrogens with zero attached hydrogens (tertiary/aromatic N) is 3. The van der Waals surface area contributed by atoms with Crippen molar-refractivity contribution in [2.24, 2.45) is 0 Å². The molecule has 2 rings (SSSR count). The number of amides is 1. The molecule has 7 heteroatoms. The number of likely N-dealkylation sites (N-methyl/N-ethyl adjacent to an activating group) is 1. The van der Waals surface area contributed by atoms with Crippen molar-refractivity contribution >= 4 is 11.6 Å². The van der Waals surface area contributed by atoms with Crippen LogP contribution in [0.3, 0.4) is 0 Å². The average molecular weight is 318 g/mol. The van der Waals surface area contributed by atoms with Gasteiger partial charge in [-0.15, -0.1) is 0 Å². The van der Waals surface area contributed by atoms with Crippen LogP contribution >= 0.6 is 0 Å². The number of rotatable bonds is 8. The zero-order chi connectivity index (χ0) is 16.7. The maximum atomic E-state index is 12.0. The lowest BCUT2D eigenvalue weighted by atomic mass is 10.3. The fraction of sp³-hybridized carbons (Fsp3) is 0.438. The Hall–Kier alpha value is -2.41. The van der Waals surface area contributed by atoms with Crippen molar-refractivity contribution < 1.29 is 14.1 Å². The van der Waals surface area contributed by atoms with Crippen molar-refractivity contribution in [2.45, 2.75) is 26.3 Å². The molecule has 0 radical (unpaired) electrons. The van der Waals surface area contributed by atoms with E-state index in [2.05, 4.69) is 22.4 Å². The van der Waals surface area contributed by atoms with Crippen LogP contribution in [0.4, 0.5) is 5.69 Å². The normalized spacial score (nSPS) is 10.8. The summed E-state index contributed by atoms with van der Waals surface area (Å²) < 4.78 is 10.2. The molecular weight excluding hydrogens is 296 g/mol. The SMILES string of the molecule is CCCc1noc(CN(C)CC(=O)Nc2ccc(OC)cc2)n1. The van der Waals surface area contributed by atoms with Gasteiger partial charge in [-0.2, -0.15) is 4.98 Å². The molecule has 1 N–H and O–H groups in total. The number of ether oxygens (including phenoxy) is 1. The summed E-state index contributed by atoms with van der Waals surface area (Å²) in [5, 5.41) is 6.73. The van der Waals surface area contributed by atoms with E-state index in [0.717, 1.165) is 24.3 Å². The molecule has 0 atom stereocenters. The zero-order valence-corrected chi connectivity index (χ0v) is 13.7. The van der Waals surface area contributed by atoms with Gasteiger partial charge in [-0.3, -0.25) is 9.69 Å². The Balaban J connectivity index is 1.81. The summed E-state index contributed by atoms with van der Waals surface area (Å²) in [5.74, 6) is 1.87. The van der Waals surface area contributed by atoms with Crippen LogP contribution < -0.4 is 10.1 Å². The minimum Gasteiger partial charge on any atom is -0.497 e. The number of methoxy groups -OCH3 is 1. The Labute approximate surface area is 135 Å². The van der Waals surface area contributed by atoms with Gasteiger partial charge < -0.3 is 14.6 Å². The second-order valence-corrected chi connectivity index (χ2v) is 5.30. The molecule has 0 saturated carbocycles. The molecule has 1 aromatic carbocycles. The minimum atomic E-state index is -0.106. The Morgan fingerprint density at radius 1 is 1.35 bits per heavy atom. The molecule has 0 fully saturated rings. The van der Waals surface area contributed by atoms with Crippen molar-refractivity contribution in [3.63, 3.8) is 0 Å². The van der Waals surface area contributed by atoms with Crippen LogP contribution in [0.25, 0.3) is 0 Å². The molecule has 7 nitrogen and oxygen atoms in total. The van der Waals surface area contributed by atoms with E-state index in [-0.39, 0.29) is 12.5 Å². The van der Waals surface area contributed by atoms with Gasteiger partial charge in [0.15, 0.2) is 5.82 Å². The van der Waals surface area contributed by atoms with E-state index in [1.165, 1.54) is 0 Å². The number of anilines is 1. The van der Waals surface area contributed by atoms with Gasteiger partial charge in [0.2, 0.25) is 11.8 Å². The third-order valence-corrected chi connectivity index (χ3v) is 3.18. The van der Waals surface area contributed by atoms with Crippen molar-refractivity contribution in [2.75, 3.05) is 26.0 Å². The number of carbonyl (C=O) groups excluding carboxylic acids is 1. The molecule has 0 saturated heterocycles. The van der Waals surface area contributed by atoms with Gasteiger partial charge in [0.1, 0.15) is 5.75 Å². The summed E-state index contributed by atoms with van der Waals surface area (Å²) in [6, 6.07) is 7.19. The number of aromatic nitrogens is 2. The average Bonchev–Trinajstić information content (AvgIpc) is 2.95. The highest BCUT2D eigenvalue weighted by Crippen LogP contribution is 2.14. The highest BCUT2D eigenvalue weighted by atomic mass is 16.5. The lowest BCUT2D eigenvalue weighted by molar-refractivity contribution is -0.117. The summed E-state index contributed by atoms with van der Waals surface area (Å²) in [7, 11) is 3.43. The van der Waals surface area contributed by atoms with Gasteiger partial charge in [0.25, 0.3) is 0 Å². The van der Waals surface area contributed by atoms with E-state index in [9.17, 15) is 4.79 Å². The van der Waals surface area contributed by atoms with E-state index >= 15 is 0 Å². The summed E-state index contributed by atoms with van der Waals surface area (Å²) in [5.41, 5.74) is 0.729. The van der Waals surface area contributed by atoms with Crippen LogP contribution in [0.15, 0.2) is 28.8 Å². The number of hydrogen-bond donors (Lipinski definition) is 1. The predicted molar refractivity (Wildman–Crippen MR) is 86.3 cm³/mol. The molecule has 2 aromatic rings. The van der Waals surface area contributed by atoms with Crippen LogP contribution in [0.5, 0.6) is 5.75 Å². The van der Waals surface area contributed by atoms with Gasteiger partial charge >= 0.3 is 0 Å². The number of aryl methyl sites for hydroxylation is 1. The van der Waals surface area contributed by atoms with Crippen LogP contribution in [0.1, 0.15) is 25.1 Å². The summed E-state index contributed by atoms with van der Waals surface area (Å²) in [6.45, 7) is 2.73. The Morgan fingerprint density at radius 3 is 2.74 bits per heavy atom. The first kappa shape index (κ1) is 17.0. The molecule has 0 aliphatic rings. The standard InChI is InChI=1S/C16H22N4O3/c1-4-5-14-18-16(23-19-14)11-20(2)10-15(21)17-12-6-8-13(22-3)9-7-12/h6-9H,4-5,10-11H2,1-3H3,(H,17,21). The van der Waals surface area contributed by atoms with Gasteiger partial charge in [-0.25, -0.2) is 0 Å². The summed E-state index contributed by atoms with van der Waals surface area (Å²) >= 11 is 0. The lowest BCUT2D eigenvalue weighted by Crippen LogP contribution is -2.29. The van der Waals surface area contributed by atoms with Crippen molar-refractivity contribution in [3.05, 3.63) is 36.0 Å². The lowest BCUT2D eigenvalue weighted by Gasteiger charge is -2.14. The topological polar surface area (TPSA) is 80.5 Å². The predicted octanol–water partition coefficient (Wildman–Crippen LogP) is 2.10. The van der Waals surface area contributed by atoms with E-state index < -0.39 is 0 Å². The fourth-order valence-electron chi connectivity index (χ4n) is 2.09. The van der Waals surface area contributed by atoms with E-state index in [1.807, 2.05) is 11.9 Å². The second-order valence-electron chi connectivity index (χ2n) is 5.30. The highest BCUT2D eigenvalue weighted by molar-refractivity contribution is 5.92. The smallest absolute Gasteiger partial charge is 0.240 e. The number of carbonyl (C=O) groups is 1. The van der Waals surface area contributed by atoms with Crippen molar-refractivity contribution in [1.82, 2.24) is 15.0 Å². The van der Waals surface area contributed by atoms with E-state index in [1.54, 1.807) is 31.4 Å². The zero-order valence-electron chi connectivity index (χ0n) is 13.7. The monoisotopic (exact) mass is 318 g/mol. The maximum absolute atomic E-state index is 12.0. The molecule has 1 amide bonds. The molecule has 0 aliphatic heterocycles. The molecule has 1 aromatic heterocycles. The molecule has 23 heavy (non-hydrogen) atoms. The van der Waals surface area contributed by atoms with E-state index in [4.69, 9.17) is 9.26 Å². The number of benzene rings is 1.